The van der Waals surface area contributed by atoms with E-state index in [1.54, 1.807) is 0 Å². The topological polar surface area (TPSA) is 151 Å². The number of Topliss-reactive ketones (excluding diaryl/α,β-unsaturated/α-hetero) is 2. The van der Waals surface area contributed by atoms with Gasteiger partial charge in [-0.05, 0) is 149 Å². The first-order chi connectivity index (χ1) is 25.9. The normalized spacial score (nSPS) is 46.7. The first kappa shape index (κ1) is 39.1. The van der Waals surface area contributed by atoms with Gasteiger partial charge in [-0.2, -0.15) is 0 Å². The maximum atomic E-state index is 13.8. The first-order valence-corrected chi connectivity index (χ1v) is 22.2. The van der Waals surface area contributed by atoms with E-state index in [0.29, 0.717) is 48.6 Å². The maximum Gasteiger partial charge on any atom is 0.244 e. The zero-order chi connectivity index (χ0) is 39.2. The fraction of sp³-hybridized carbons (Fsp3) is 0.867. The molecule has 4 amide bonds. The number of rotatable bonds is 7. The van der Waals surface area contributed by atoms with Crippen LogP contribution in [0, 0.1) is 67.5 Å². The van der Waals surface area contributed by atoms with Crippen LogP contribution in [0.1, 0.15) is 176 Å². The van der Waals surface area contributed by atoms with Gasteiger partial charge < -0.3 is 0 Å². The molecule has 8 saturated carbocycles. The SMILES string of the molecule is C[C@@]12CC[C@@H]3[C@@](CC[C@H]4[C@@]3(C)CCC[C@@]4(C)C(=O)NNC(=O)CCCCC(=O)NNC(=O)[C@]3(C)CCC[C@H]4[C@@H]5CC[C@@]6(C)C[C@]5(CC[C@@H]43)CC6=O)(CC1=O)C2. The Labute approximate surface area is 328 Å². The molecule has 8 aliphatic carbocycles. The summed E-state index contributed by atoms with van der Waals surface area (Å²) in [6, 6.07) is 0. The van der Waals surface area contributed by atoms with Crippen molar-refractivity contribution in [2.24, 2.45) is 67.5 Å². The number of nitrogens with one attached hydrogen (secondary N) is 4. The Balaban J connectivity index is 0.768. The molecule has 0 saturated heterocycles. The van der Waals surface area contributed by atoms with Gasteiger partial charge in [-0.15, -0.1) is 0 Å². The molecule has 0 unspecified atom stereocenters. The predicted molar refractivity (Wildman–Crippen MR) is 207 cm³/mol. The second-order valence-electron chi connectivity index (χ2n) is 21.8. The molecule has 55 heavy (non-hydrogen) atoms. The van der Waals surface area contributed by atoms with Crippen molar-refractivity contribution in [2.75, 3.05) is 0 Å². The number of amides is 4. The Hall–Kier alpha value is -2.78. The van der Waals surface area contributed by atoms with Crippen molar-refractivity contribution in [2.45, 2.75) is 176 Å². The minimum atomic E-state index is -0.586. The van der Waals surface area contributed by atoms with E-state index in [4.69, 9.17) is 0 Å². The molecule has 0 heterocycles. The molecule has 10 heteroatoms. The van der Waals surface area contributed by atoms with E-state index in [1.165, 1.54) is 0 Å². The van der Waals surface area contributed by atoms with E-state index in [9.17, 15) is 28.8 Å². The third-order valence-electron chi connectivity index (χ3n) is 18.8. The number of fused-ring (bicyclic) bond motifs is 6. The van der Waals surface area contributed by atoms with E-state index >= 15 is 0 Å². The minimum absolute atomic E-state index is 0.00447. The third kappa shape index (κ3) is 6.05. The molecule has 304 valence electrons. The largest absolute Gasteiger partial charge is 0.299 e. The zero-order valence-electron chi connectivity index (χ0n) is 34.4. The van der Waals surface area contributed by atoms with Crippen LogP contribution in [0.3, 0.4) is 0 Å². The van der Waals surface area contributed by atoms with Crippen molar-refractivity contribution < 1.29 is 28.8 Å². The van der Waals surface area contributed by atoms with Gasteiger partial charge in [0.15, 0.2) is 0 Å². The lowest BCUT2D eigenvalue weighted by molar-refractivity contribution is -0.171. The van der Waals surface area contributed by atoms with E-state index < -0.39 is 10.8 Å². The Morgan fingerprint density at radius 3 is 1.75 bits per heavy atom. The van der Waals surface area contributed by atoms with Crippen molar-refractivity contribution in [3.05, 3.63) is 0 Å². The van der Waals surface area contributed by atoms with Gasteiger partial charge in [0.05, 0.1) is 10.8 Å². The van der Waals surface area contributed by atoms with Gasteiger partial charge in [-0.1, -0.05) is 47.5 Å². The molecule has 4 bridgehead atoms. The highest BCUT2D eigenvalue weighted by Crippen LogP contribution is 2.73. The highest BCUT2D eigenvalue weighted by molar-refractivity contribution is 5.89. The summed E-state index contributed by atoms with van der Waals surface area (Å²) in [5, 5.41) is 0. The molecule has 8 rings (SSSR count). The van der Waals surface area contributed by atoms with Crippen LogP contribution in [0.2, 0.25) is 0 Å². The average Bonchev–Trinajstić information content (AvgIpc) is 3.44. The predicted octanol–water partition coefficient (Wildman–Crippen LogP) is 7.20. The molecular formula is C45H68N4O6. The van der Waals surface area contributed by atoms with E-state index in [0.717, 1.165) is 109 Å². The molecule has 8 fully saturated rings. The molecule has 0 aliphatic heterocycles. The second-order valence-corrected chi connectivity index (χ2v) is 21.8. The summed E-state index contributed by atoms with van der Waals surface area (Å²) >= 11 is 0. The Kier molecular flexibility index (Phi) is 9.51. The van der Waals surface area contributed by atoms with Crippen molar-refractivity contribution in [1.82, 2.24) is 21.7 Å². The van der Waals surface area contributed by atoms with Crippen LogP contribution in [0.25, 0.3) is 0 Å². The molecule has 4 N–H and O–H groups in total. The molecule has 0 aromatic carbocycles. The van der Waals surface area contributed by atoms with Crippen LogP contribution < -0.4 is 21.7 Å². The van der Waals surface area contributed by atoms with Crippen LogP contribution in [-0.2, 0) is 28.8 Å². The van der Waals surface area contributed by atoms with Crippen LogP contribution in [0.4, 0.5) is 0 Å². The summed E-state index contributed by atoms with van der Waals surface area (Å²) in [7, 11) is 0. The van der Waals surface area contributed by atoms with Gasteiger partial charge in [0.25, 0.3) is 0 Å². The van der Waals surface area contributed by atoms with Gasteiger partial charge >= 0.3 is 0 Å². The lowest BCUT2D eigenvalue weighted by Gasteiger charge is -2.64. The van der Waals surface area contributed by atoms with E-state index in [-0.39, 0.29) is 75.4 Å². The van der Waals surface area contributed by atoms with Gasteiger partial charge in [-0.25, -0.2) is 0 Å². The molecular weight excluding hydrogens is 693 g/mol. The summed E-state index contributed by atoms with van der Waals surface area (Å²) in [5.74, 6) is 2.02. The Morgan fingerprint density at radius 2 is 1.07 bits per heavy atom. The summed E-state index contributed by atoms with van der Waals surface area (Å²) in [6.45, 7) is 10.9. The second kappa shape index (κ2) is 13.4. The lowest BCUT2D eigenvalue weighted by Crippen LogP contribution is -2.61. The summed E-state index contributed by atoms with van der Waals surface area (Å²) in [4.78, 5) is 79.2. The number of hydrazine groups is 2. The van der Waals surface area contributed by atoms with Crippen LogP contribution >= 0.6 is 0 Å². The molecule has 2 spiro atoms. The highest BCUT2D eigenvalue weighted by atomic mass is 16.2. The minimum Gasteiger partial charge on any atom is -0.299 e. The molecule has 12 atom stereocenters. The first-order valence-electron chi connectivity index (χ1n) is 22.2. The number of carbonyl (C=O) groups is 6. The summed E-state index contributed by atoms with van der Waals surface area (Å²) < 4.78 is 0. The van der Waals surface area contributed by atoms with Crippen molar-refractivity contribution in [3.63, 3.8) is 0 Å². The Morgan fingerprint density at radius 1 is 0.545 bits per heavy atom. The fourth-order valence-corrected chi connectivity index (χ4v) is 16.1. The van der Waals surface area contributed by atoms with Gasteiger partial charge in [0.1, 0.15) is 11.6 Å². The third-order valence-corrected chi connectivity index (χ3v) is 18.8. The van der Waals surface area contributed by atoms with Crippen LogP contribution in [-0.4, -0.2) is 35.2 Å². The van der Waals surface area contributed by atoms with Gasteiger partial charge in [0.2, 0.25) is 23.6 Å². The Bertz CT molecular complexity index is 1660. The summed E-state index contributed by atoms with van der Waals surface area (Å²) in [6.07, 6.45) is 18.6. The molecule has 0 aromatic rings. The van der Waals surface area contributed by atoms with Crippen LogP contribution in [0.5, 0.6) is 0 Å². The number of unbranched alkanes of at least 4 members (excludes halogenated alkanes) is 1. The smallest absolute Gasteiger partial charge is 0.244 e. The number of hydrogen-bond donors (Lipinski definition) is 4. The van der Waals surface area contributed by atoms with Gasteiger partial charge in [0, 0.05) is 36.5 Å². The zero-order valence-corrected chi connectivity index (χ0v) is 34.4. The van der Waals surface area contributed by atoms with E-state index in [2.05, 4.69) is 56.3 Å². The van der Waals surface area contributed by atoms with Crippen LogP contribution in [0.15, 0.2) is 0 Å². The van der Waals surface area contributed by atoms with Crippen molar-refractivity contribution in [3.8, 4) is 0 Å². The monoisotopic (exact) mass is 761 g/mol. The average molecular weight is 761 g/mol. The maximum absolute atomic E-state index is 13.8. The molecule has 10 nitrogen and oxygen atoms in total. The summed E-state index contributed by atoms with van der Waals surface area (Å²) in [5.41, 5.74) is 9.68. The van der Waals surface area contributed by atoms with E-state index in [1.807, 2.05) is 0 Å². The van der Waals surface area contributed by atoms with Crippen molar-refractivity contribution in [1.29, 1.82) is 0 Å². The standard InChI is InChI=1S/C45H68N4O6/c1-39-20-13-30-28-10-8-17-41(3,29(28)14-22-44(30,26-39)24-33(39)50)37(54)48-46-35(52)11-6-7-12-36(53)47-49-38(55)43(5)19-9-18-42(4)31(43)16-23-45-25-34(51)40(2,27-45)21-15-32(42)45/h28-32H,6-27H2,1-5H3,(H,46,52)(H,47,53)(H,48,54)(H,49,55)/t28-,29+,30+,31+,32+,39+,40+,41-,42-,43-,44+,45+/m1/s1. The fourth-order valence-electron chi connectivity index (χ4n) is 16.1. The number of ketones is 2. The lowest BCUT2D eigenvalue weighted by atomic mass is 9.40. The molecule has 8 aliphatic rings. The number of hydrogen-bond acceptors (Lipinski definition) is 6. The van der Waals surface area contributed by atoms with Gasteiger partial charge in [-0.3, -0.25) is 50.5 Å². The molecule has 0 aromatic heterocycles. The highest BCUT2D eigenvalue weighted by Gasteiger charge is 2.68. The van der Waals surface area contributed by atoms with Crippen molar-refractivity contribution >= 4 is 35.2 Å². The number of carbonyl (C=O) groups excluding carboxylic acids is 6. The molecule has 0 radical (unpaired) electrons. The quantitative estimate of drug-likeness (QED) is 0.159.